The first-order valence-corrected chi connectivity index (χ1v) is 7.09. The number of rotatable bonds is 1. The van der Waals surface area contributed by atoms with Crippen molar-refractivity contribution < 1.29 is 4.79 Å². The van der Waals surface area contributed by atoms with E-state index >= 15 is 0 Å². The Morgan fingerprint density at radius 1 is 1.33 bits per heavy atom. The number of urea groups is 1. The molecule has 0 atom stereocenters. The number of hydrogen-bond acceptors (Lipinski definition) is 2. The molecule has 1 saturated heterocycles. The van der Waals surface area contributed by atoms with Crippen LogP contribution in [0.25, 0.3) is 0 Å². The van der Waals surface area contributed by atoms with Crippen LogP contribution in [-0.4, -0.2) is 23.5 Å². The number of halogens is 1. The van der Waals surface area contributed by atoms with Gasteiger partial charge in [-0.25, -0.2) is 4.79 Å². The van der Waals surface area contributed by atoms with Gasteiger partial charge < -0.3 is 4.90 Å². The van der Waals surface area contributed by atoms with Crippen molar-refractivity contribution in [3.8, 4) is 0 Å². The van der Waals surface area contributed by atoms with Gasteiger partial charge in [-0.3, -0.25) is 4.90 Å². The molecule has 0 radical (unpaired) electrons. The van der Waals surface area contributed by atoms with E-state index in [1.165, 1.54) is 0 Å². The van der Waals surface area contributed by atoms with Crippen molar-refractivity contribution in [1.82, 2.24) is 4.90 Å². The number of nitrogens with zero attached hydrogens (tertiary/aromatic N) is 2. The summed E-state index contributed by atoms with van der Waals surface area (Å²) in [5.41, 5.74) is 1.77. The van der Waals surface area contributed by atoms with Crippen LogP contribution >= 0.6 is 28.6 Å². The molecule has 0 N–H and O–H groups in total. The molecular weight excluding hydrogens is 312 g/mol. The summed E-state index contributed by atoms with van der Waals surface area (Å²) < 4.78 is 1.00. The molecular formula is C13H13BrN2OS. The van der Waals surface area contributed by atoms with E-state index in [1.807, 2.05) is 36.2 Å². The molecule has 0 bridgehead atoms. The van der Waals surface area contributed by atoms with E-state index in [4.69, 9.17) is 0 Å². The Bertz CT molecular complexity index is 536. The minimum atomic E-state index is -0.105. The number of likely N-dealkylation sites (N-methyl/N-ethyl adjacent to an activating group) is 1. The third kappa shape index (κ3) is 1.53. The highest BCUT2D eigenvalue weighted by molar-refractivity contribution is 9.10. The minimum absolute atomic E-state index is 0.0233. The van der Waals surface area contributed by atoms with Crippen LogP contribution in [0.3, 0.4) is 0 Å². The molecule has 18 heavy (non-hydrogen) atoms. The van der Waals surface area contributed by atoms with Crippen LogP contribution in [0.2, 0.25) is 0 Å². The van der Waals surface area contributed by atoms with Crippen LogP contribution in [0.1, 0.15) is 12.8 Å². The largest absolute Gasteiger partial charge is 0.329 e. The summed E-state index contributed by atoms with van der Waals surface area (Å²) in [7, 11) is 1.87. The molecule has 1 saturated carbocycles. The molecule has 0 unspecified atom stereocenters. The predicted octanol–water partition coefficient (Wildman–Crippen LogP) is 3.62. The second kappa shape index (κ2) is 4.03. The Labute approximate surface area is 120 Å². The Balaban J connectivity index is 2.06. The lowest BCUT2D eigenvalue weighted by molar-refractivity contribution is 0.216. The monoisotopic (exact) mass is 324 g/mol. The molecule has 1 aromatic carbocycles. The van der Waals surface area contributed by atoms with Gasteiger partial charge in [-0.15, -0.1) is 12.6 Å². The van der Waals surface area contributed by atoms with Crippen LogP contribution in [0.15, 0.2) is 39.8 Å². The van der Waals surface area contributed by atoms with Crippen LogP contribution in [0.4, 0.5) is 10.5 Å². The Morgan fingerprint density at radius 2 is 1.94 bits per heavy atom. The van der Waals surface area contributed by atoms with Gasteiger partial charge in [-0.2, -0.15) is 0 Å². The van der Waals surface area contributed by atoms with E-state index in [0.717, 1.165) is 28.7 Å². The van der Waals surface area contributed by atoms with E-state index in [9.17, 15) is 4.79 Å². The van der Waals surface area contributed by atoms with E-state index in [-0.39, 0.29) is 11.6 Å². The van der Waals surface area contributed by atoms with Gasteiger partial charge in [0, 0.05) is 11.5 Å². The van der Waals surface area contributed by atoms with Crippen LogP contribution in [0.5, 0.6) is 0 Å². The number of thiol groups is 1. The minimum Gasteiger partial charge on any atom is -0.316 e. The smallest absolute Gasteiger partial charge is 0.316 e. The van der Waals surface area contributed by atoms with Crippen molar-refractivity contribution in [3.05, 3.63) is 39.8 Å². The standard InChI is InChI=1S/C13H13BrN2OS/c1-15-12(17)16(10-4-2-9(14)3-5-10)11(8-18)13(15)6-7-13/h2-5,8,18H,6-7H2,1H3/b11-8+. The first kappa shape index (κ1) is 12.1. The topological polar surface area (TPSA) is 23.6 Å². The highest BCUT2D eigenvalue weighted by Gasteiger charge is 2.60. The van der Waals surface area contributed by atoms with Crippen molar-refractivity contribution in [3.63, 3.8) is 0 Å². The molecule has 2 amide bonds. The average Bonchev–Trinajstić information content (AvgIpc) is 3.13. The van der Waals surface area contributed by atoms with Crippen molar-refractivity contribution in [1.29, 1.82) is 0 Å². The van der Waals surface area contributed by atoms with Crippen LogP contribution in [0, 0.1) is 0 Å². The maximum atomic E-state index is 12.4. The summed E-state index contributed by atoms with van der Waals surface area (Å²) in [5, 5.41) is 1.76. The zero-order valence-corrected chi connectivity index (χ0v) is 12.4. The Morgan fingerprint density at radius 3 is 2.44 bits per heavy atom. The normalized spacial score (nSPS) is 23.3. The zero-order valence-electron chi connectivity index (χ0n) is 9.93. The Hall–Kier alpha value is -0.940. The van der Waals surface area contributed by atoms with Gasteiger partial charge in [-0.05, 0) is 42.5 Å². The van der Waals surface area contributed by atoms with Gasteiger partial charge in [0.25, 0.3) is 0 Å². The molecule has 1 heterocycles. The second-order valence-corrected chi connectivity index (χ2v) is 5.87. The lowest BCUT2D eigenvalue weighted by atomic mass is 10.2. The lowest BCUT2D eigenvalue weighted by Crippen LogP contribution is -2.32. The second-order valence-electron chi connectivity index (χ2n) is 4.70. The van der Waals surface area contributed by atoms with Crippen LogP contribution in [-0.2, 0) is 0 Å². The van der Waals surface area contributed by atoms with E-state index < -0.39 is 0 Å². The summed E-state index contributed by atoms with van der Waals surface area (Å²) >= 11 is 7.69. The third-order valence-corrected chi connectivity index (χ3v) is 4.54. The number of carbonyl (C=O) groups is 1. The highest BCUT2D eigenvalue weighted by atomic mass is 79.9. The highest BCUT2D eigenvalue weighted by Crippen LogP contribution is 2.54. The molecule has 1 aliphatic carbocycles. The van der Waals surface area contributed by atoms with Gasteiger partial charge in [0.05, 0.1) is 16.9 Å². The molecule has 2 fully saturated rings. The van der Waals surface area contributed by atoms with Gasteiger partial charge in [0.1, 0.15) is 0 Å². The number of amides is 2. The average molecular weight is 325 g/mol. The molecule has 0 aromatic heterocycles. The SMILES string of the molecule is CN1C(=O)N(c2ccc(Br)cc2)/C(=C/S)C12CC2. The maximum absolute atomic E-state index is 12.4. The molecule has 1 spiro atoms. The van der Waals surface area contributed by atoms with Gasteiger partial charge in [-0.1, -0.05) is 15.9 Å². The fraction of sp³-hybridized carbons (Fsp3) is 0.308. The van der Waals surface area contributed by atoms with Crippen molar-refractivity contribution in [2.24, 2.45) is 0 Å². The number of benzene rings is 1. The summed E-state index contributed by atoms with van der Waals surface area (Å²) in [6, 6.07) is 7.78. The molecule has 1 aliphatic heterocycles. The number of carbonyl (C=O) groups excluding carboxylic acids is 1. The first-order valence-electron chi connectivity index (χ1n) is 5.78. The zero-order chi connectivity index (χ0) is 12.9. The molecule has 94 valence electrons. The first-order chi connectivity index (χ1) is 8.60. The summed E-state index contributed by atoms with van der Waals surface area (Å²) in [5.74, 6) is 0. The molecule has 2 aliphatic rings. The van der Waals surface area contributed by atoms with E-state index in [0.29, 0.717) is 0 Å². The molecule has 3 rings (SSSR count). The van der Waals surface area contributed by atoms with Gasteiger partial charge in [0.15, 0.2) is 0 Å². The van der Waals surface area contributed by atoms with E-state index in [2.05, 4.69) is 28.6 Å². The lowest BCUT2D eigenvalue weighted by Gasteiger charge is -2.18. The summed E-state index contributed by atoms with van der Waals surface area (Å²) in [4.78, 5) is 16.0. The van der Waals surface area contributed by atoms with Crippen molar-refractivity contribution >= 4 is 40.3 Å². The van der Waals surface area contributed by atoms with Gasteiger partial charge in [0.2, 0.25) is 0 Å². The quantitative estimate of drug-likeness (QED) is 0.783. The molecule has 3 nitrogen and oxygen atoms in total. The predicted molar refractivity (Wildman–Crippen MR) is 78.8 cm³/mol. The number of anilines is 1. The van der Waals surface area contributed by atoms with Crippen LogP contribution < -0.4 is 4.90 Å². The number of hydrogen-bond donors (Lipinski definition) is 1. The third-order valence-electron chi connectivity index (χ3n) is 3.77. The maximum Gasteiger partial charge on any atom is 0.329 e. The summed E-state index contributed by atoms with van der Waals surface area (Å²) in [6.45, 7) is 0. The fourth-order valence-corrected chi connectivity index (χ4v) is 3.16. The molecule has 1 aromatic rings. The van der Waals surface area contributed by atoms with E-state index in [1.54, 1.807) is 10.3 Å². The summed E-state index contributed by atoms with van der Waals surface area (Å²) in [6.07, 6.45) is 2.04. The molecule has 5 heteroatoms. The Kier molecular flexibility index (Phi) is 2.71. The van der Waals surface area contributed by atoms with Crippen molar-refractivity contribution in [2.45, 2.75) is 18.4 Å². The van der Waals surface area contributed by atoms with Gasteiger partial charge >= 0.3 is 6.03 Å². The van der Waals surface area contributed by atoms with Crippen molar-refractivity contribution in [2.75, 3.05) is 11.9 Å². The fourth-order valence-electron chi connectivity index (χ4n) is 2.54.